The lowest BCUT2D eigenvalue weighted by Gasteiger charge is -2.30. The fourth-order valence-electron chi connectivity index (χ4n) is 4.11. The Morgan fingerprint density at radius 2 is 1.81 bits per heavy atom. The molecular formula is C29H23BrFN3O2S. The molecule has 1 amide bonds. The molecular weight excluding hydrogens is 553 g/mol. The van der Waals surface area contributed by atoms with Gasteiger partial charge in [-0.05, 0) is 55.3 Å². The molecule has 0 spiro atoms. The molecule has 4 rings (SSSR count). The van der Waals surface area contributed by atoms with Gasteiger partial charge in [0, 0.05) is 27.0 Å². The lowest BCUT2D eigenvalue weighted by Crippen LogP contribution is -2.31. The van der Waals surface area contributed by atoms with Gasteiger partial charge in [-0.15, -0.1) is 0 Å². The Bertz CT molecular complexity index is 1470. The van der Waals surface area contributed by atoms with Gasteiger partial charge >= 0.3 is 0 Å². The second kappa shape index (κ2) is 11.6. The first-order chi connectivity index (χ1) is 17.8. The number of amides is 1. The van der Waals surface area contributed by atoms with Gasteiger partial charge in [0.05, 0.1) is 28.3 Å². The summed E-state index contributed by atoms with van der Waals surface area (Å²) in [7, 11) is 0. The predicted octanol–water partition coefficient (Wildman–Crippen LogP) is 6.85. The van der Waals surface area contributed by atoms with Crippen molar-refractivity contribution >= 4 is 45.1 Å². The van der Waals surface area contributed by atoms with Crippen LogP contribution in [0.1, 0.15) is 34.3 Å². The van der Waals surface area contributed by atoms with Crippen LogP contribution >= 0.6 is 27.7 Å². The molecule has 0 aliphatic carbocycles. The number of para-hydroxylation sites is 1. The number of nitriles is 1. The van der Waals surface area contributed by atoms with E-state index in [9.17, 15) is 19.2 Å². The number of rotatable bonds is 7. The first-order valence-electron chi connectivity index (χ1n) is 11.4. The van der Waals surface area contributed by atoms with Crippen molar-refractivity contribution in [1.29, 1.82) is 5.26 Å². The first-order valence-corrected chi connectivity index (χ1v) is 13.2. The standard InChI is InChI=1S/C29H23BrFN3O2S/c1-17-6-3-4-9-24(17)34-28(36)26-18(2)33-29(37-16-25(35)19-10-12-21(30)13-11-19)23(15-32)27(26)20-7-5-8-22(31)14-20/h3-14,27,33H,16H2,1-2H3,(H,34,36)/t27-/m0/s1. The van der Waals surface area contributed by atoms with Crippen molar-refractivity contribution in [2.45, 2.75) is 19.8 Å². The molecule has 3 aromatic carbocycles. The molecule has 8 heteroatoms. The molecule has 1 aliphatic heterocycles. The number of benzene rings is 3. The van der Waals surface area contributed by atoms with E-state index in [-0.39, 0.29) is 17.1 Å². The van der Waals surface area contributed by atoms with Gasteiger partial charge in [0.15, 0.2) is 5.78 Å². The third kappa shape index (κ3) is 6.01. The Kier molecular flexibility index (Phi) is 8.27. The van der Waals surface area contributed by atoms with Crippen molar-refractivity contribution in [3.63, 3.8) is 0 Å². The summed E-state index contributed by atoms with van der Waals surface area (Å²) in [5, 5.41) is 16.8. The third-order valence-corrected chi connectivity index (χ3v) is 7.53. The van der Waals surface area contributed by atoms with E-state index in [1.807, 2.05) is 25.1 Å². The number of thioether (sulfide) groups is 1. The van der Waals surface area contributed by atoms with Crippen LogP contribution in [-0.4, -0.2) is 17.4 Å². The normalized spacial score (nSPS) is 15.2. The van der Waals surface area contributed by atoms with Gasteiger partial charge in [-0.2, -0.15) is 5.26 Å². The number of hydrogen-bond acceptors (Lipinski definition) is 5. The van der Waals surface area contributed by atoms with Crippen LogP contribution < -0.4 is 10.6 Å². The SMILES string of the molecule is CC1=C(C(=O)Nc2ccccc2C)[C@@H](c2cccc(F)c2)C(C#N)=C(SCC(=O)c2ccc(Br)cc2)N1. The Labute approximate surface area is 227 Å². The average molecular weight is 576 g/mol. The van der Waals surface area contributed by atoms with Crippen LogP contribution in [-0.2, 0) is 4.79 Å². The van der Waals surface area contributed by atoms with E-state index >= 15 is 0 Å². The van der Waals surface area contributed by atoms with Crippen LogP contribution in [0.2, 0.25) is 0 Å². The van der Waals surface area contributed by atoms with Crippen LogP contribution in [0, 0.1) is 24.1 Å². The molecule has 3 aromatic rings. The van der Waals surface area contributed by atoms with Crippen molar-refractivity contribution in [1.82, 2.24) is 5.32 Å². The lowest BCUT2D eigenvalue weighted by molar-refractivity contribution is -0.113. The smallest absolute Gasteiger partial charge is 0.254 e. The number of allylic oxidation sites excluding steroid dienone is 2. The highest BCUT2D eigenvalue weighted by molar-refractivity contribution is 9.10. The summed E-state index contributed by atoms with van der Waals surface area (Å²) in [6.07, 6.45) is 0. The van der Waals surface area contributed by atoms with E-state index in [2.05, 4.69) is 32.6 Å². The van der Waals surface area contributed by atoms with E-state index in [4.69, 9.17) is 0 Å². The van der Waals surface area contributed by atoms with Gasteiger partial charge in [-0.1, -0.05) is 70.2 Å². The van der Waals surface area contributed by atoms with Gasteiger partial charge < -0.3 is 10.6 Å². The van der Waals surface area contributed by atoms with Crippen molar-refractivity contribution in [3.8, 4) is 6.07 Å². The fraction of sp³-hybridized carbons (Fsp3) is 0.138. The number of dihydropyridines is 1. The first kappa shape index (κ1) is 26.4. The van der Waals surface area contributed by atoms with Crippen molar-refractivity contribution < 1.29 is 14.0 Å². The lowest BCUT2D eigenvalue weighted by atomic mass is 9.82. The van der Waals surface area contributed by atoms with E-state index in [0.29, 0.717) is 33.1 Å². The highest BCUT2D eigenvalue weighted by Crippen LogP contribution is 2.41. The predicted molar refractivity (Wildman–Crippen MR) is 148 cm³/mol. The number of carbonyl (C=O) groups is 2. The maximum atomic E-state index is 14.3. The summed E-state index contributed by atoms with van der Waals surface area (Å²) in [5.41, 5.74) is 3.65. The zero-order valence-electron chi connectivity index (χ0n) is 20.1. The van der Waals surface area contributed by atoms with Crippen molar-refractivity contribution in [2.24, 2.45) is 0 Å². The number of Topliss-reactive ketones (excluding diaryl/α,β-unsaturated/α-hetero) is 1. The monoisotopic (exact) mass is 575 g/mol. The number of carbonyl (C=O) groups excluding carboxylic acids is 2. The number of halogens is 2. The molecule has 186 valence electrons. The molecule has 0 saturated heterocycles. The summed E-state index contributed by atoms with van der Waals surface area (Å²) >= 11 is 4.55. The minimum absolute atomic E-state index is 0.0863. The Hall–Kier alpha value is -3.67. The zero-order valence-corrected chi connectivity index (χ0v) is 22.5. The quantitative estimate of drug-likeness (QED) is 0.301. The van der Waals surface area contributed by atoms with Crippen LogP contribution in [0.15, 0.2) is 99.1 Å². The summed E-state index contributed by atoms with van der Waals surface area (Å²) in [4.78, 5) is 26.3. The highest BCUT2D eigenvalue weighted by atomic mass is 79.9. The molecule has 1 aliphatic rings. The van der Waals surface area contributed by atoms with E-state index in [0.717, 1.165) is 10.0 Å². The molecule has 0 aromatic heterocycles. The Morgan fingerprint density at radius 3 is 2.49 bits per heavy atom. The molecule has 37 heavy (non-hydrogen) atoms. The van der Waals surface area contributed by atoms with Crippen LogP contribution in [0.25, 0.3) is 0 Å². The fourth-order valence-corrected chi connectivity index (χ4v) is 5.36. The molecule has 0 radical (unpaired) electrons. The number of ketones is 1. The van der Waals surface area contributed by atoms with E-state index in [1.54, 1.807) is 49.4 Å². The molecule has 0 saturated carbocycles. The van der Waals surface area contributed by atoms with Crippen LogP contribution in [0.4, 0.5) is 10.1 Å². The summed E-state index contributed by atoms with van der Waals surface area (Å²) in [6.45, 7) is 3.63. The molecule has 5 nitrogen and oxygen atoms in total. The molecule has 0 unspecified atom stereocenters. The third-order valence-electron chi connectivity index (χ3n) is 5.98. The van der Waals surface area contributed by atoms with Gasteiger partial charge in [0.1, 0.15) is 5.82 Å². The number of aryl methyl sites for hydroxylation is 1. The van der Waals surface area contributed by atoms with Crippen molar-refractivity contribution in [2.75, 3.05) is 11.1 Å². The molecule has 1 heterocycles. The van der Waals surface area contributed by atoms with Crippen LogP contribution in [0.5, 0.6) is 0 Å². The second-order valence-electron chi connectivity index (χ2n) is 8.49. The largest absolute Gasteiger partial charge is 0.353 e. The highest BCUT2D eigenvalue weighted by Gasteiger charge is 2.35. The number of nitrogens with zero attached hydrogens (tertiary/aromatic N) is 1. The van der Waals surface area contributed by atoms with E-state index < -0.39 is 17.6 Å². The number of hydrogen-bond donors (Lipinski definition) is 2. The van der Waals surface area contributed by atoms with Crippen molar-refractivity contribution in [3.05, 3.63) is 122 Å². The summed E-state index contributed by atoms with van der Waals surface area (Å²) in [5.74, 6) is -1.68. The average Bonchev–Trinajstić information content (AvgIpc) is 2.88. The molecule has 2 N–H and O–H groups in total. The topological polar surface area (TPSA) is 82.0 Å². The zero-order chi connectivity index (χ0) is 26.5. The molecule has 1 atom stereocenters. The number of nitrogens with one attached hydrogen (secondary N) is 2. The summed E-state index contributed by atoms with van der Waals surface area (Å²) in [6, 6.07) is 22.5. The molecule has 0 bridgehead atoms. The summed E-state index contributed by atoms with van der Waals surface area (Å²) < 4.78 is 15.1. The minimum Gasteiger partial charge on any atom is -0.353 e. The van der Waals surface area contributed by atoms with E-state index in [1.165, 1.54) is 23.9 Å². The minimum atomic E-state index is -0.809. The van der Waals surface area contributed by atoms with Crippen LogP contribution in [0.3, 0.4) is 0 Å². The van der Waals surface area contributed by atoms with Gasteiger partial charge in [-0.25, -0.2) is 4.39 Å². The molecule has 0 fully saturated rings. The second-order valence-corrected chi connectivity index (χ2v) is 10.4. The van der Waals surface area contributed by atoms with Gasteiger partial charge in [0.2, 0.25) is 0 Å². The van der Waals surface area contributed by atoms with Gasteiger partial charge in [-0.3, -0.25) is 9.59 Å². The maximum Gasteiger partial charge on any atom is 0.254 e. The Morgan fingerprint density at radius 1 is 1.08 bits per heavy atom. The number of anilines is 1. The Balaban J connectivity index is 1.69. The maximum absolute atomic E-state index is 14.3. The van der Waals surface area contributed by atoms with Gasteiger partial charge in [0.25, 0.3) is 5.91 Å².